The molecule has 0 aliphatic rings. The van der Waals surface area contributed by atoms with Crippen LogP contribution in [0.4, 0.5) is 0 Å². The summed E-state index contributed by atoms with van der Waals surface area (Å²) in [5, 5.41) is 6.43. The van der Waals surface area contributed by atoms with Crippen molar-refractivity contribution >= 4 is 5.91 Å². The Bertz CT molecular complexity index is 186. The number of hydrogen-bond donors (Lipinski definition) is 2. The highest BCUT2D eigenvalue weighted by Gasteiger charge is 2.17. The lowest BCUT2D eigenvalue weighted by Gasteiger charge is -2.23. The van der Waals surface area contributed by atoms with Gasteiger partial charge in [0.15, 0.2) is 0 Å². The van der Waals surface area contributed by atoms with E-state index in [1.165, 1.54) is 0 Å². The van der Waals surface area contributed by atoms with Crippen molar-refractivity contribution in [1.82, 2.24) is 10.6 Å². The van der Waals surface area contributed by atoms with Crippen LogP contribution in [0.3, 0.4) is 0 Å². The fourth-order valence-corrected chi connectivity index (χ4v) is 1.77. The maximum Gasteiger partial charge on any atom is 0.237 e. The molecule has 96 valence electrons. The molecule has 0 spiro atoms. The van der Waals surface area contributed by atoms with E-state index in [-0.39, 0.29) is 11.9 Å². The standard InChI is InChI=1S/C13H28N2O/c1-6-11(7-2)14-10(5)13(16)15-12(8-3)9-4/h10-12,14H,6-9H2,1-5H3,(H,15,16). The van der Waals surface area contributed by atoms with E-state index in [1.54, 1.807) is 0 Å². The zero-order valence-electron chi connectivity index (χ0n) is 11.5. The second kappa shape index (κ2) is 8.57. The first-order chi connectivity index (χ1) is 7.58. The van der Waals surface area contributed by atoms with E-state index in [0.29, 0.717) is 12.1 Å². The van der Waals surface area contributed by atoms with Crippen molar-refractivity contribution in [1.29, 1.82) is 0 Å². The van der Waals surface area contributed by atoms with E-state index in [1.807, 2.05) is 6.92 Å². The zero-order valence-corrected chi connectivity index (χ0v) is 11.5. The first kappa shape index (κ1) is 15.4. The molecule has 0 radical (unpaired) electrons. The van der Waals surface area contributed by atoms with Crippen LogP contribution in [0.25, 0.3) is 0 Å². The van der Waals surface area contributed by atoms with Gasteiger partial charge in [0.05, 0.1) is 6.04 Å². The molecule has 0 aromatic rings. The maximum atomic E-state index is 11.9. The van der Waals surface area contributed by atoms with E-state index < -0.39 is 0 Å². The summed E-state index contributed by atoms with van der Waals surface area (Å²) in [7, 11) is 0. The lowest BCUT2D eigenvalue weighted by atomic mass is 10.1. The highest BCUT2D eigenvalue weighted by Crippen LogP contribution is 2.00. The van der Waals surface area contributed by atoms with Crippen LogP contribution < -0.4 is 10.6 Å². The predicted molar refractivity (Wildman–Crippen MR) is 69.5 cm³/mol. The van der Waals surface area contributed by atoms with Crippen molar-refractivity contribution in [3.8, 4) is 0 Å². The van der Waals surface area contributed by atoms with Crippen LogP contribution in [0.15, 0.2) is 0 Å². The Morgan fingerprint density at radius 3 is 1.75 bits per heavy atom. The molecule has 0 rings (SSSR count). The van der Waals surface area contributed by atoms with Crippen LogP contribution in [-0.4, -0.2) is 24.0 Å². The van der Waals surface area contributed by atoms with Gasteiger partial charge in [0, 0.05) is 12.1 Å². The highest BCUT2D eigenvalue weighted by atomic mass is 16.2. The SMILES string of the molecule is CCC(CC)NC(=O)C(C)NC(CC)CC. The summed E-state index contributed by atoms with van der Waals surface area (Å²) >= 11 is 0. The summed E-state index contributed by atoms with van der Waals surface area (Å²) in [6.07, 6.45) is 4.14. The molecule has 2 N–H and O–H groups in total. The van der Waals surface area contributed by atoms with E-state index in [0.717, 1.165) is 25.7 Å². The Kier molecular flexibility index (Phi) is 8.26. The molecule has 0 heterocycles. The molecule has 1 amide bonds. The lowest BCUT2D eigenvalue weighted by molar-refractivity contribution is -0.123. The summed E-state index contributed by atoms with van der Waals surface area (Å²) in [6, 6.07) is 0.673. The smallest absolute Gasteiger partial charge is 0.237 e. The predicted octanol–water partition coefficient (Wildman–Crippen LogP) is 2.46. The van der Waals surface area contributed by atoms with E-state index in [9.17, 15) is 4.79 Å². The van der Waals surface area contributed by atoms with Gasteiger partial charge in [-0.3, -0.25) is 4.79 Å². The maximum absolute atomic E-state index is 11.9. The van der Waals surface area contributed by atoms with Gasteiger partial charge in [-0.05, 0) is 32.6 Å². The molecule has 3 heteroatoms. The molecule has 1 atom stereocenters. The third-order valence-corrected chi connectivity index (χ3v) is 3.20. The van der Waals surface area contributed by atoms with Crippen LogP contribution in [0, 0.1) is 0 Å². The van der Waals surface area contributed by atoms with Crippen molar-refractivity contribution in [2.24, 2.45) is 0 Å². The largest absolute Gasteiger partial charge is 0.352 e. The number of rotatable bonds is 8. The Balaban J connectivity index is 4.06. The van der Waals surface area contributed by atoms with E-state index in [2.05, 4.69) is 38.3 Å². The van der Waals surface area contributed by atoms with Crippen molar-refractivity contribution in [2.45, 2.75) is 78.4 Å². The quantitative estimate of drug-likeness (QED) is 0.670. The summed E-state index contributed by atoms with van der Waals surface area (Å²) in [5.74, 6) is 0.126. The Labute approximate surface area is 100 Å². The number of carbonyl (C=O) groups excluding carboxylic acids is 1. The van der Waals surface area contributed by atoms with Crippen LogP contribution in [0.2, 0.25) is 0 Å². The summed E-state index contributed by atoms with van der Waals surface area (Å²) < 4.78 is 0. The minimum Gasteiger partial charge on any atom is -0.352 e. The molecule has 0 aromatic carbocycles. The normalized spacial score (nSPS) is 13.2. The van der Waals surface area contributed by atoms with Gasteiger partial charge in [-0.15, -0.1) is 0 Å². The van der Waals surface area contributed by atoms with Crippen LogP contribution in [0.5, 0.6) is 0 Å². The zero-order chi connectivity index (χ0) is 12.6. The summed E-state index contributed by atoms with van der Waals surface area (Å²) in [5.41, 5.74) is 0. The summed E-state index contributed by atoms with van der Waals surface area (Å²) in [4.78, 5) is 11.9. The minimum atomic E-state index is -0.0921. The molecule has 16 heavy (non-hydrogen) atoms. The van der Waals surface area contributed by atoms with Gasteiger partial charge < -0.3 is 10.6 Å². The molecule has 0 aliphatic carbocycles. The molecular weight excluding hydrogens is 200 g/mol. The Morgan fingerprint density at radius 2 is 1.38 bits per heavy atom. The van der Waals surface area contributed by atoms with Crippen molar-refractivity contribution in [3.05, 3.63) is 0 Å². The Morgan fingerprint density at radius 1 is 0.938 bits per heavy atom. The van der Waals surface area contributed by atoms with E-state index in [4.69, 9.17) is 0 Å². The number of amides is 1. The van der Waals surface area contributed by atoms with Gasteiger partial charge in [-0.2, -0.15) is 0 Å². The third kappa shape index (κ3) is 5.50. The first-order valence-electron chi connectivity index (χ1n) is 6.65. The fourth-order valence-electron chi connectivity index (χ4n) is 1.77. The fraction of sp³-hybridized carbons (Fsp3) is 0.923. The topological polar surface area (TPSA) is 41.1 Å². The average molecular weight is 228 g/mol. The van der Waals surface area contributed by atoms with Crippen LogP contribution >= 0.6 is 0 Å². The van der Waals surface area contributed by atoms with Gasteiger partial charge in [0.2, 0.25) is 5.91 Å². The van der Waals surface area contributed by atoms with Gasteiger partial charge >= 0.3 is 0 Å². The first-order valence-corrected chi connectivity index (χ1v) is 6.65. The minimum absolute atomic E-state index is 0.0921. The lowest BCUT2D eigenvalue weighted by Crippen LogP contribution is -2.48. The molecule has 1 unspecified atom stereocenters. The van der Waals surface area contributed by atoms with Crippen molar-refractivity contribution < 1.29 is 4.79 Å². The van der Waals surface area contributed by atoms with Crippen molar-refractivity contribution in [3.63, 3.8) is 0 Å². The van der Waals surface area contributed by atoms with Gasteiger partial charge in [-0.25, -0.2) is 0 Å². The molecular formula is C13H28N2O. The van der Waals surface area contributed by atoms with Gasteiger partial charge in [0.1, 0.15) is 0 Å². The number of nitrogens with one attached hydrogen (secondary N) is 2. The number of hydrogen-bond acceptors (Lipinski definition) is 2. The number of carbonyl (C=O) groups is 1. The molecule has 0 aliphatic heterocycles. The molecule has 0 saturated carbocycles. The highest BCUT2D eigenvalue weighted by molar-refractivity contribution is 5.81. The second-order valence-electron chi connectivity index (χ2n) is 4.42. The monoisotopic (exact) mass is 228 g/mol. The Hall–Kier alpha value is -0.570. The molecule has 0 aromatic heterocycles. The van der Waals surface area contributed by atoms with Crippen molar-refractivity contribution in [2.75, 3.05) is 0 Å². The van der Waals surface area contributed by atoms with Gasteiger partial charge in [-0.1, -0.05) is 27.7 Å². The molecule has 0 fully saturated rings. The molecule has 3 nitrogen and oxygen atoms in total. The third-order valence-electron chi connectivity index (χ3n) is 3.20. The van der Waals surface area contributed by atoms with E-state index >= 15 is 0 Å². The second-order valence-corrected chi connectivity index (χ2v) is 4.42. The van der Waals surface area contributed by atoms with Crippen LogP contribution in [0.1, 0.15) is 60.3 Å². The van der Waals surface area contributed by atoms with Gasteiger partial charge in [0.25, 0.3) is 0 Å². The molecule has 0 saturated heterocycles. The van der Waals surface area contributed by atoms with Crippen LogP contribution in [-0.2, 0) is 4.79 Å². The summed E-state index contributed by atoms with van der Waals surface area (Å²) in [6.45, 7) is 10.4. The average Bonchev–Trinajstić information content (AvgIpc) is 2.32. The molecule has 0 bridgehead atoms.